The first kappa shape index (κ1) is 12.3. The third-order valence-electron chi connectivity index (χ3n) is 2.59. The maximum absolute atomic E-state index is 13.3. The minimum absolute atomic E-state index is 0.313. The van der Waals surface area contributed by atoms with Crippen LogP contribution in [0.5, 0.6) is 0 Å². The number of benzene rings is 2. The molecule has 0 fully saturated rings. The van der Waals surface area contributed by atoms with E-state index in [0.717, 1.165) is 11.3 Å². The molecule has 18 heavy (non-hydrogen) atoms. The topological polar surface area (TPSA) is 50.4 Å². The van der Waals surface area contributed by atoms with E-state index in [0.29, 0.717) is 11.4 Å². The number of halogens is 1. The van der Waals surface area contributed by atoms with Gasteiger partial charge in [0.25, 0.3) is 0 Å². The maximum Gasteiger partial charge on any atom is 0.148 e. The van der Waals surface area contributed by atoms with E-state index in [1.165, 1.54) is 12.1 Å². The highest BCUT2D eigenvalue weighted by molar-refractivity contribution is 6.01. The third kappa shape index (κ3) is 2.73. The zero-order valence-corrected chi connectivity index (χ0v) is 10.0. The second kappa shape index (κ2) is 5.42. The van der Waals surface area contributed by atoms with Crippen LogP contribution < -0.4 is 11.3 Å². The van der Waals surface area contributed by atoms with Gasteiger partial charge in [0.05, 0.1) is 5.69 Å². The number of aryl methyl sites for hydroxylation is 1. The van der Waals surface area contributed by atoms with E-state index in [4.69, 9.17) is 5.84 Å². The molecule has 0 amide bonds. The average Bonchev–Trinajstić information content (AvgIpc) is 2.40. The van der Waals surface area contributed by atoms with Crippen LogP contribution in [-0.4, -0.2) is 5.84 Å². The Hall–Kier alpha value is -2.20. The zero-order chi connectivity index (χ0) is 13.0. The number of hydrogen-bond donors (Lipinski definition) is 2. The third-order valence-corrected chi connectivity index (χ3v) is 2.59. The van der Waals surface area contributed by atoms with Crippen molar-refractivity contribution < 1.29 is 4.39 Å². The quantitative estimate of drug-likeness (QED) is 0.369. The molecular weight excluding hydrogens is 229 g/mol. The van der Waals surface area contributed by atoms with Crippen molar-refractivity contribution in [1.82, 2.24) is 5.43 Å². The maximum atomic E-state index is 13.3. The van der Waals surface area contributed by atoms with Crippen molar-refractivity contribution in [3.63, 3.8) is 0 Å². The monoisotopic (exact) mass is 243 g/mol. The Labute approximate surface area is 105 Å². The molecule has 4 heteroatoms. The number of aliphatic imine (C=N–C) groups is 1. The van der Waals surface area contributed by atoms with Gasteiger partial charge in [-0.15, -0.1) is 0 Å². The molecule has 92 valence electrons. The molecule has 0 aliphatic rings. The van der Waals surface area contributed by atoms with Crippen molar-refractivity contribution >= 4 is 11.5 Å². The predicted molar refractivity (Wildman–Crippen MR) is 71.1 cm³/mol. The number of para-hydroxylation sites is 1. The molecule has 0 radical (unpaired) electrons. The number of nitrogens with zero attached hydrogens (tertiary/aromatic N) is 1. The predicted octanol–water partition coefficient (Wildman–Crippen LogP) is 2.68. The molecule has 0 aliphatic heterocycles. The minimum atomic E-state index is -0.313. The van der Waals surface area contributed by atoms with Crippen molar-refractivity contribution in [1.29, 1.82) is 0 Å². The van der Waals surface area contributed by atoms with Gasteiger partial charge in [-0.25, -0.2) is 15.2 Å². The highest BCUT2D eigenvalue weighted by atomic mass is 19.1. The molecule has 0 saturated carbocycles. The number of hydrazine groups is 1. The van der Waals surface area contributed by atoms with Crippen molar-refractivity contribution in [2.45, 2.75) is 6.92 Å². The van der Waals surface area contributed by atoms with Crippen LogP contribution in [0.4, 0.5) is 10.1 Å². The molecule has 0 atom stereocenters. The zero-order valence-electron chi connectivity index (χ0n) is 10.0. The van der Waals surface area contributed by atoms with Crippen LogP contribution in [0, 0.1) is 12.7 Å². The molecule has 0 aliphatic carbocycles. The second-order valence-electron chi connectivity index (χ2n) is 3.90. The molecule has 0 saturated heterocycles. The van der Waals surface area contributed by atoms with Crippen LogP contribution >= 0.6 is 0 Å². The van der Waals surface area contributed by atoms with E-state index in [2.05, 4.69) is 10.4 Å². The largest absolute Gasteiger partial charge is 0.308 e. The molecule has 2 rings (SSSR count). The van der Waals surface area contributed by atoms with Gasteiger partial charge in [-0.3, -0.25) is 0 Å². The summed E-state index contributed by atoms with van der Waals surface area (Å²) in [6, 6.07) is 13.9. The molecule has 3 nitrogen and oxygen atoms in total. The van der Waals surface area contributed by atoms with Gasteiger partial charge in [-0.2, -0.15) is 0 Å². The van der Waals surface area contributed by atoms with Gasteiger partial charge >= 0.3 is 0 Å². The summed E-state index contributed by atoms with van der Waals surface area (Å²) in [6.07, 6.45) is 0. The van der Waals surface area contributed by atoms with Gasteiger partial charge in [0.1, 0.15) is 11.7 Å². The fraction of sp³-hybridized carbons (Fsp3) is 0.0714. The van der Waals surface area contributed by atoms with Crippen LogP contribution in [0.25, 0.3) is 0 Å². The Bertz CT molecular complexity index is 565. The average molecular weight is 243 g/mol. The molecule has 0 bridgehead atoms. The van der Waals surface area contributed by atoms with E-state index in [1.807, 2.05) is 37.3 Å². The first-order valence-electron chi connectivity index (χ1n) is 5.57. The van der Waals surface area contributed by atoms with E-state index in [-0.39, 0.29) is 5.82 Å². The van der Waals surface area contributed by atoms with Gasteiger partial charge in [0.15, 0.2) is 0 Å². The Balaban J connectivity index is 2.45. The summed E-state index contributed by atoms with van der Waals surface area (Å²) in [7, 11) is 0. The van der Waals surface area contributed by atoms with Gasteiger partial charge in [-0.1, -0.05) is 24.3 Å². The number of rotatable bonds is 2. The smallest absolute Gasteiger partial charge is 0.148 e. The van der Waals surface area contributed by atoms with Crippen LogP contribution in [0.15, 0.2) is 53.5 Å². The summed E-state index contributed by atoms with van der Waals surface area (Å²) in [4.78, 5) is 4.36. The van der Waals surface area contributed by atoms with Gasteiger partial charge in [0, 0.05) is 5.56 Å². The molecule has 2 aromatic carbocycles. The summed E-state index contributed by atoms with van der Waals surface area (Å²) < 4.78 is 13.3. The fourth-order valence-electron chi connectivity index (χ4n) is 1.65. The standard InChI is InChI=1S/C14H14FN3/c1-10-7-8-11(15)9-13(10)14(18-16)17-12-5-3-2-4-6-12/h2-9H,16H2,1H3,(H,17,18). The SMILES string of the molecule is Cc1ccc(F)cc1C(=Nc1ccccc1)NN. The Morgan fingerprint density at radius 2 is 1.89 bits per heavy atom. The molecule has 2 aromatic rings. The molecule has 0 unspecified atom stereocenters. The van der Waals surface area contributed by atoms with Gasteiger partial charge < -0.3 is 5.43 Å². The summed E-state index contributed by atoms with van der Waals surface area (Å²) in [5, 5.41) is 0. The van der Waals surface area contributed by atoms with Crippen molar-refractivity contribution in [3.05, 3.63) is 65.5 Å². The lowest BCUT2D eigenvalue weighted by Crippen LogP contribution is -2.31. The Morgan fingerprint density at radius 1 is 1.17 bits per heavy atom. The summed E-state index contributed by atoms with van der Waals surface area (Å²) >= 11 is 0. The number of nitrogens with two attached hydrogens (primary N) is 1. The van der Waals surface area contributed by atoms with E-state index in [9.17, 15) is 4.39 Å². The highest BCUT2D eigenvalue weighted by Gasteiger charge is 2.07. The van der Waals surface area contributed by atoms with Crippen LogP contribution in [-0.2, 0) is 0 Å². The van der Waals surface area contributed by atoms with Gasteiger partial charge in [-0.05, 0) is 36.8 Å². The Kier molecular flexibility index (Phi) is 3.69. The number of amidine groups is 1. The highest BCUT2D eigenvalue weighted by Crippen LogP contribution is 2.15. The number of nitrogens with one attached hydrogen (secondary N) is 1. The van der Waals surface area contributed by atoms with Crippen molar-refractivity contribution in [2.75, 3.05) is 0 Å². The number of hydrogen-bond acceptors (Lipinski definition) is 2. The second-order valence-corrected chi connectivity index (χ2v) is 3.90. The first-order valence-corrected chi connectivity index (χ1v) is 5.57. The Morgan fingerprint density at radius 3 is 2.56 bits per heavy atom. The van der Waals surface area contributed by atoms with E-state index >= 15 is 0 Å². The molecule has 0 heterocycles. The van der Waals surface area contributed by atoms with Crippen LogP contribution in [0.2, 0.25) is 0 Å². The fourth-order valence-corrected chi connectivity index (χ4v) is 1.65. The lowest BCUT2D eigenvalue weighted by Gasteiger charge is -2.09. The molecule has 0 aromatic heterocycles. The molecule has 0 spiro atoms. The lowest BCUT2D eigenvalue weighted by atomic mass is 10.1. The normalized spacial score (nSPS) is 11.4. The lowest BCUT2D eigenvalue weighted by molar-refractivity contribution is 0.627. The van der Waals surface area contributed by atoms with E-state index in [1.54, 1.807) is 6.07 Å². The van der Waals surface area contributed by atoms with E-state index < -0.39 is 0 Å². The van der Waals surface area contributed by atoms with Crippen LogP contribution in [0.3, 0.4) is 0 Å². The summed E-state index contributed by atoms with van der Waals surface area (Å²) in [5.41, 5.74) is 4.84. The summed E-state index contributed by atoms with van der Waals surface area (Å²) in [6.45, 7) is 1.88. The minimum Gasteiger partial charge on any atom is -0.308 e. The van der Waals surface area contributed by atoms with Crippen molar-refractivity contribution in [3.8, 4) is 0 Å². The molecule has 3 N–H and O–H groups in total. The van der Waals surface area contributed by atoms with Gasteiger partial charge in [0.2, 0.25) is 0 Å². The summed E-state index contributed by atoms with van der Waals surface area (Å²) in [5.74, 6) is 5.60. The first-order chi connectivity index (χ1) is 8.70. The molecular formula is C14H14FN3. The van der Waals surface area contributed by atoms with Crippen molar-refractivity contribution in [2.24, 2.45) is 10.8 Å². The van der Waals surface area contributed by atoms with Crippen LogP contribution in [0.1, 0.15) is 11.1 Å².